The first-order valence-electron chi connectivity index (χ1n) is 12.5. The van der Waals surface area contributed by atoms with Crippen molar-refractivity contribution in [2.24, 2.45) is 11.8 Å². The molecule has 3 N–H and O–H groups in total. The van der Waals surface area contributed by atoms with Gasteiger partial charge in [-0.3, -0.25) is 9.78 Å². The van der Waals surface area contributed by atoms with Crippen LogP contribution >= 0.6 is 11.6 Å². The molecule has 1 heterocycles. The Balaban J connectivity index is 1.39. The van der Waals surface area contributed by atoms with Crippen LogP contribution < -0.4 is 5.32 Å². The van der Waals surface area contributed by atoms with Crippen molar-refractivity contribution in [3.63, 3.8) is 0 Å². The largest absolute Gasteiger partial charge is 0.386 e. The fraction of sp³-hybridized carbons (Fsp3) is 0.357. The summed E-state index contributed by atoms with van der Waals surface area (Å²) < 4.78 is 54.3. The van der Waals surface area contributed by atoms with E-state index in [1.807, 2.05) is 0 Å². The van der Waals surface area contributed by atoms with Crippen LogP contribution in [-0.4, -0.2) is 40.4 Å². The van der Waals surface area contributed by atoms with Gasteiger partial charge in [0, 0.05) is 23.0 Å². The van der Waals surface area contributed by atoms with Gasteiger partial charge in [0.2, 0.25) is 0 Å². The molecule has 7 nitrogen and oxygen atoms in total. The number of pyridine rings is 1. The molecule has 0 aliphatic heterocycles. The minimum atomic E-state index is -4.04. The minimum absolute atomic E-state index is 0.00283. The summed E-state index contributed by atoms with van der Waals surface area (Å²) in [4.78, 5) is 16.9. The molecule has 3 aromatic rings. The number of fused-ring (bicyclic) bond motifs is 2. The monoisotopic (exact) mass is 576 g/mol. The Morgan fingerprint density at radius 1 is 1.08 bits per heavy atom. The maximum absolute atomic E-state index is 13.8. The van der Waals surface area contributed by atoms with Crippen LogP contribution in [0.4, 0.5) is 14.5 Å². The van der Waals surface area contributed by atoms with Gasteiger partial charge >= 0.3 is 0 Å². The van der Waals surface area contributed by atoms with Crippen LogP contribution in [-0.2, 0) is 9.84 Å². The summed E-state index contributed by atoms with van der Waals surface area (Å²) >= 11 is 6.29. The van der Waals surface area contributed by atoms with Gasteiger partial charge in [0.05, 0.1) is 20.9 Å². The van der Waals surface area contributed by atoms with Crippen molar-refractivity contribution in [3.8, 4) is 0 Å². The molecular formula is C28H27ClF2N2O5S. The number of hydrogen-bond donors (Lipinski definition) is 3. The average Bonchev–Trinajstić information content (AvgIpc) is 3.05. The number of hydrogen-bond acceptors (Lipinski definition) is 6. The second-order valence-electron chi connectivity index (χ2n) is 10.3. The molecule has 0 unspecified atom stereocenters. The number of amides is 1. The molecule has 39 heavy (non-hydrogen) atoms. The van der Waals surface area contributed by atoms with Crippen LogP contribution in [0.2, 0.25) is 5.02 Å². The Kier molecular flexibility index (Phi) is 7.26. The van der Waals surface area contributed by atoms with Gasteiger partial charge in [0.15, 0.2) is 21.5 Å². The zero-order chi connectivity index (χ0) is 28.1. The Bertz CT molecular complexity index is 1540. The Hall–Kier alpha value is -2.92. The predicted octanol–water partition coefficient (Wildman–Crippen LogP) is 5.00. The highest BCUT2D eigenvalue weighted by atomic mass is 35.5. The third kappa shape index (κ3) is 4.95. The maximum atomic E-state index is 13.8. The highest BCUT2D eigenvalue weighted by Gasteiger charge is 2.59. The van der Waals surface area contributed by atoms with Gasteiger partial charge in [-0.25, -0.2) is 17.2 Å². The first-order chi connectivity index (χ1) is 18.4. The van der Waals surface area contributed by atoms with E-state index in [4.69, 9.17) is 11.6 Å². The summed E-state index contributed by atoms with van der Waals surface area (Å²) in [5.74, 6) is -3.88. The van der Waals surface area contributed by atoms with Crippen molar-refractivity contribution in [1.29, 1.82) is 0 Å². The quantitative estimate of drug-likeness (QED) is 0.380. The van der Waals surface area contributed by atoms with E-state index < -0.39 is 56.2 Å². The molecular weight excluding hydrogens is 550 g/mol. The van der Waals surface area contributed by atoms with Crippen LogP contribution in [0.1, 0.15) is 53.5 Å². The van der Waals surface area contributed by atoms with E-state index in [1.165, 1.54) is 24.3 Å². The number of benzene rings is 2. The van der Waals surface area contributed by atoms with Gasteiger partial charge in [-0.2, -0.15) is 0 Å². The number of halogens is 3. The molecule has 0 radical (unpaired) electrons. The van der Waals surface area contributed by atoms with Crippen molar-refractivity contribution in [2.45, 2.75) is 54.5 Å². The van der Waals surface area contributed by atoms with Crippen molar-refractivity contribution >= 4 is 33.0 Å². The van der Waals surface area contributed by atoms with Crippen LogP contribution in [0.5, 0.6) is 0 Å². The number of aromatic nitrogens is 1. The fourth-order valence-corrected chi connectivity index (χ4v) is 8.42. The summed E-state index contributed by atoms with van der Waals surface area (Å²) in [5, 5.41) is 24.3. The first-order valence-corrected chi connectivity index (χ1v) is 14.5. The number of carbonyl (C=O) groups excluding carboxylic acids is 1. The van der Waals surface area contributed by atoms with E-state index in [0.29, 0.717) is 24.2 Å². The molecule has 1 amide bonds. The fourth-order valence-electron chi connectivity index (χ4n) is 6.01. The van der Waals surface area contributed by atoms with Gasteiger partial charge in [-0.1, -0.05) is 17.7 Å². The highest BCUT2D eigenvalue weighted by Crippen LogP contribution is 2.56. The summed E-state index contributed by atoms with van der Waals surface area (Å²) in [6.45, 7) is 1.79. The lowest BCUT2D eigenvalue weighted by Crippen LogP contribution is -2.52. The van der Waals surface area contributed by atoms with Crippen LogP contribution in [0.25, 0.3) is 0 Å². The molecule has 206 valence electrons. The molecule has 2 bridgehead atoms. The summed E-state index contributed by atoms with van der Waals surface area (Å²) in [5.41, 5.74) is -0.495. The van der Waals surface area contributed by atoms with E-state index in [-0.39, 0.29) is 34.0 Å². The van der Waals surface area contributed by atoms with E-state index in [9.17, 15) is 32.2 Å². The molecule has 1 aromatic heterocycles. The van der Waals surface area contributed by atoms with Crippen LogP contribution in [0.3, 0.4) is 0 Å². The van der Waals surface area contributed by atoms with Crippen molar-refractivity contribution in [2.75, 3.05) is 5.32 Å². The highest BCUT2D eigenvalue weighted by molar-refractivity contribution is 7.92. The molecule has 0 saturated heterocycles. The van der Waals surface area contributed by atoms with Crippen molar-refractivity contribution in [1.82, 2.24) is 4.98 Å². The molecule has 2 aromatic carbocycles. The Morgan fingerprint density at radius 3 is 2.41 bits per heavy atom. The van der Waals surface area contributed by atoms with E-state index in [2.05, 4.69) is 10.3 Å². The lowest BCUT2D eigenvalue weighted by atomic mass is 9.70. The standard InChI is InChI=1S/C28H27ClF2N2O5S/c1-15-3-2-4-24(32-15)26(34)28(36)17-6-7-18(28)13-20(12-17)39(37,38)25-11-16(5-9-21(25)29)27(35)33-19-8-10-22(30)23(31)14-19/h2-5,8-11,14,17-18,20,26,34,36H,6-7,12-13H2,1H3,(H,33,35)/t17-,18+,20-,26-,28-/m1/s1. The maximum Gasteiger partial charge on any atom is 0.255 e. The number of sulfone groups is 1. The number of aliphatic hydroxyl groups excluding tert-OH is 1. The molecule has 11 heteroatoms. The molecule has 2 aliphatic rings. The predicted molar refractivity (Wildman–Crippen MR) is 141 cm³/mol. The second-order valence-corrected chi connectivity index (χ2v) is 12.9. The SMILES string of the molecule is Cc1cccc([C@@H](O)[C@@]2(O)[C@@H]3CC[C@H]2C[C@H](S(=O)(=O)c2cc(C(=O)Nc4ccc(F)c(F)c4)ccc2Cl)C3)n1. The van der Waals surface area contributed by atoms with Crippen LogP contribution in [0, 0.1) is 30.4 Å². The summed E-state index contributed by atoms with van der Waals surface area (Å²) in [7, 11) is -4.04. The number of carbonyl (C=O) groups is 1. The van der Waals surface area contributed by atoms with E-state index in [0.717, 1.165) is 12.1 Å². The van der Waals surface area contributed by atoms with Crippen molar-refractivity contribution in [3.05, 3.63) is 88.2 Å². The van der Waals surface area contributed by atoms with Crippen molar-refractivity contribution < 1.29 is 32.2 Å². The Labute approximate surface area is 229 Å². The number of rotatable bonds is 6. The Morgan fingerprint density at radius 2 is 1.77 bits per heavy atom. The lowest BCUT2D eigenvalue weighted by molar-refractivity contribution is -0.145. The van der Waals surface area contributed by atoms with Gasteiger partial charge in [0.25, 0.3) is 5.91 Å². The average molecular weight is 577 g/mol. The summed E-state index contributed by atoms with van der Waals surface area (Å²) in [6.07, 6.45) is 0.0751. The first kappa shape index (κ1) is 27.6. The lowest BCUT2D eigenvalue weighted by Gasteiger charge is -2.45. The number of anilines is 1. The third-order valence-electron chi connectivity index (χ3n) is 8.01. The molecule has 2 saturated carbocycles. The van der Waals surface area contributed by atoms with Crippen LogP contribution in [0.15, 0.2) is 59.5 Å². The number of aliphatic hydroxyl groups is 2. The number of nitrogens with zero attached hydrogens (tertiary/aromatic N) is 1. The molecule has 0 spiro atoms. The van der Waals surface area contributed by atoms with Gasteiger partial charge in [-0.15, -0.1) is 0 Å². The van der Waals surface area contributed by atoms with Gasteiger partial charge in [0.1, 0.15) is 11.7 Å². The summed E-state index contributed by atoms with van der Waals surface area (Å²) in [6, 6.07) is 11.9. The zero-order valence-corrected chi connectivity index (χ0v) is 22.5. The van der Waals surface area contributed by atoms with E-state index in [1.54, 1.807) is 25.1 Å². The van der Waals surface area contributed by atoms with Gasteiger partial charge in [-0.05, 0) is 86.9 Å². The zero-order valence-electron chi connectivity index (χ0n) is 20.9. The molecule has 5 atom stereocenters. The second kappa shape index (κ2) is 10.2. The number of nitrogens with one attached hydrogen (secondary N) is 1. The normalized spacial score (nSPS) is 25.3. The van der Waals surface area contributed by atoms with Gasteiger partial charge < -0.3 is 15.5 Å². The molecule has 5 rings (SSSR count). The molecule has 2 fully saturated rings. The molecule has 2 aliphatic carbocycles. The number of aryl methyl sites for hydroxylation is 1. The topological polar surface area (TPSA) is 117 Å². The smallest absolute Gasteiger partial charge is 0.255 e. The van der Waals surface area contributed by atoms with E-state index >= 15 is 0 Å². The third-order valence-corrected chi connectivity index (χ3v) is 10.7. The minimum Gasteiger partial charge on any atom is -0.386 e.